The van der Waals surface area contributed by atoms with Crippen LogP contribution in [0.4, 0.5) is 0 Å². The van der Waals surface area contributed by atoms with Crippen molar-refractivity contribution in [1.29, 1.82) is 0 Å². The van der Waals surface area contributed by atoms with E-state index in [0.29, 0.717) is 0 Å². The Morgan fingerprint density at radius 3 is 2.00 bits per heavy atom. The smallest absolute Gasteiger partial charge is 0.143 e. The van der Waals surface area contributed by atoms with E-state index < -0.39 is 0 Å². The molecule has 0 amide bonds. The van der Waals surface area contributed by atoms with Crippen molar-refractivity contribution < 1.29 is 4.42 Å². The van der Waals surface area contributed by atoms with Gasteiger partial charge in [-0.25, -0.2) is 4.98 Å². The summed E-state index contributed by atoms with van der Waals surface area (Å²) in [5.41, 5.74) is 9.52. The third-order valence-corrected chi connectivity index (χ3v) is 8.66. The summed E-state index contributed by atoms with van der Waals surface area (Å²) in [6, 6.07) is 53.7. The van der Waals surface area contributed by atoms with E-state index in [2.05, 4.69) is 140 Å². The Morgan fingerprint density at radius 1 is 0.419 bits per heavy atom. The van der Waals surface area contributed by atoms with Crippen LogP contribution in [0.15, 0.2) is 156 Å². The molecule has 2 aromatic heterocycles. The summed E-state index contributed by atoms with van der Waals surface area (Å²) < 4.78 is 6.31. The van der Waals surface area contributed by atoms with Crippen LogP contribution in [0.25, 0.3) is 87.9 Å². The SMILES string of the molecule is c1ccc(-c2nc3cc(-c4ccc(-c5cccc6c5oc5ccccc56)cc4)ccc3c3c2ccc2ccccc23)cc1. The average molecular weight is 548 g/mol. The fraction of sp³-hybridized carbons (Fsp3) is 0. The molecule has 7 aromatic carbocycles. The van der Waals surface area contributed by atoms with Crippen molar-refractivity contribution in [3.8, 4) is 33.5 Å². The molecule has 2 nitrogen and oxygen atoms in total. The predicted octanol–water partition coefficient (Wildman–Crippen LogP) is 11.4. The van der Waals surface area contributed by atoms with Gasteiger partial charge in [0.25, 0.3) is 0 Å². The highest BCUT2D eigenvalue weighted by Crippen LogP contribution is 2.39. The van der Waals surface area contributed by atoms with Crippen LogP contribution in [0, 0.1) is 0 Å². The van der Waals surface area contributed by atoms with Crippen LogP contribution in [0.2, 0.25) is 0 Å². The third-order valence-electron chi connectivity index (χ3n) is 8.66. The average Bonchev–Trinajstić information content (AvgIpc) is 3.47. The summed E-state index contributed by atoms with van der Waals surface area (Å²) >= 11 is 0. The van der Waals surface area contributed by atoms with E-state index in [0.717, 1.165) is 61.0 Å². The van der Waals surface area contributed by atoms with Crippen LogP contribution < -0.4 is 0 Å². The first-order valence-corrected chi connectivity index (χ1v) is 14.6. The largest absolute Gasteiger partial charge is 0.455 e. The molecule has 43 heavy (non-hydrogen) atoms. The molecule has 0 fully saturated rings. The Bertz CT molecular complexity index is 2490. The fourth-order valence-electron chi connectivity index (χ4n) is 6.59. The molecule has 0 spiro atoms. The van der Waals surface area contributed by atoms with E-state index in [-0.39, 0.29) is 0 Å². The van der Waals surface area contributed by atoms with Gasteiger partial charge < -0.3 is 4.42 Å². The quantitative estimate of drug-likeness (QED) is 0.206. The zero-order valence-corrected chi connectivity index (χ0v) is 23.3. The van der Waals surface area contributed by atoms with E-state index in [4.69, 9.17) is 9.40 Å². The number of benzene rings is 7. The van der Waals surface area contributed by atoms with Gasteiger partial charge in [0, 0.05) is 38.1 Å². The van der Waals surface area contributed by atoms with Crippen molar-refractivity contribution in [2.45, 2.75) is 0 Å². The lowest BCUT2D eigenvalue weighted by Gasteiger charge is -2.14. The van der Waals surface area contributed by atoms with Gasteiger partial charge in [0.05, 0.1) is 11.2 Å². The molecule has 0 atom stereocenters. The molecule has 2 heterocycles. The zero-order chi connectivity index (χ0) is 28.3. The molecule has 2 heteroatoms. The van der Waals surface area contributed by atoms with E-state index in [1.165, 1.54) is 26.9 Å². The van der Waals surface area contributed by atoms with Gasteiger partial charge in [-0.2, -0.15) is 0 Å². The monoisotopic (exact) mass is 547 g/mol. The number of fused-ring (bicyclic) bond motifs is 8. The first-order valence-electron chi connectivity index (χ1n) is 14.6. The summed E-state index contributed by atoms with van der Waals surface area (Å²) in [5.74, 6) is 0. The molecule has 9 aromatic rings. The van der Waals surface area contributed by atoms with Gasteiger partial charge in [0.1, 0.15) is 11.2 Å². The van der Waals surface area contributed by atoms with Gasteiger partial charge >= 0.3 is 0 Å². The minimum absolute atomic E-state index is 0.917. The number of rotatable bonds is 3. The van der Waals surface area contributed by atoms with Crippen molar-refractivity contribution in [2.24, 2.45) is 0 Å². The highest BCUT2D eigenvalue weighted by molar-refractivity contribution is 6.22. The van der Waals surface area contributed by atoms with Crippen LogP contribution >= 0.6 is 0 Å². The lowest BCUT2D eigenvalue weighted by atomic mass is 9.93. The fourth-order valence-corrected chi connectivity index (χ4v) is 6.59. The van der Waals surface area contributed by atoms with Gasteiger partial charge in [-0.15, -0.1) is 0 Å². The van der Waals surface area contributed by atoms with Crippen LogP contribution in [0.3, 0.4) is 0 Å². The second kappa shape index (κ2) is 9.40. The molecule has 0 aliphatic rings. The van der Waals surface area contributed by atoms with Gasteiger partial charge in [0.15, 0.2) is 0 Å². The molecule has 200 valence electrons. The van der Waals surface area contributed by atoms with Gasteiger partial charge in [-0.05, 0) is 39.6 Å². The molecule has 0 aliphatic carbocycles. The van der Waals surface area contributed by atoms with Crippen molar-refractivity contribution in [2.75, 3.05) is 0 Å². The predicted molar refractivity (Wildman–Crippen MR) is 180 cm³/mol. The summed E-state index contributed by atoms with van der Waals surface area (Å²) in [6.45, 7) is 0. The molecule has 0 bridgehead atoms. The van der Waals surface area contributed by atoms with Gasteiger partial charge in [-0.1, -0.05) is 140 Å². The number of hydrogen-bond donors (Lipinski definition) is 0. The van der Waals surface area contributed by atoms with Crippen molar-refractivity contribution in [1.82, 2.24) is 4.98 Å². The highest BCUT2D eigenvalue weighted by atomic mass is 16.3. The Labute approximate surface area is 248 Å². The molecule has 0 unspecified atom stereocenters. The van der Waals surface area contributed by atoms with E-state index in [9.17, 15) is 0 Å². The Hall–Kier alpha value is -5.73. The highest BCUT2D eigenvalue weighted by Gasteiger charge is 2.15. The van der Waals surface area contributed by atoms with Crippen LogP contribution in [-0.2, 0) is 0 Å². The molecule has 0 N–H and O–H groups in total. The number of nitrogens with zero attached hydrogens (tertiary/aromatic N) is 1. The first-order chi connectivity index (χ1) is 21.3. The molecule has 9 rings (SSSR count). The standard InChI is InChI=1S/C41H25NO/c1-2-10-29(11-3-1)40-36-24-21-27-9-4-5-12-31(27)39(36)35-23-22-30(25-37(35)42-40)26-17-19-28(20-18-26)32-14-8-15-34-33-13-6-7-16-38(33)43-41(32)34/h1-25H. The number of aromatic nitrogens is 1. The maximum Gasteiger partial charge on any atom is 0.143 e. The molecule has 0 saturated carbocycles. The molecule has 0 aliphatic heterocycles. The summed E-state index contributed by atoms with van der Waals surface area (Å²) in [5, 5.41) is 8.38. The van der Waals surface area contributed by atoms with Crippen molar-refractivity contribution in [3.63, 3.8) is 0 Å². The molecular weight excluding hydrogens is 522 g/mol. The molecule has 0 saturated heterocycles. The lowest BCUT2D eigenvalue weighted by molar-refractivity contribution is 0.670. The zero-order valence-electron chi connectivity index (χ0n) is 23.3. The molecule has 0 radical (unpaired) electrons. The second-order valence-corrected chi connectivity index (χ2v) is 11.1. The van der Waals surface area contributed by atoms with E-state index in [1.807, 2.05) is 12.1 Å². The summed E-state index contributed by atoms with van der Waals surface area (Å²) in [6.07, 6.45) is 0. The van der Waals surface area contributed by atoms with Gasteiger partial charge in [0.2, 0.25) is 0 Å². The number of hydrogen-bond acceptors (Lipinski definition) is 2. The van der Waals surface area contributed by atoms with Crippen LogP contribution in [0.1, 0.15) is 0 Å². The Kier molecular flexibility index (Phi) is 5.23. The minimum Gasteiger partial charge on any atom is -0.455 e. The lowest BCUT2D eigenvalue weighted by Crippen LogP contribution is -1.91. The topological polar surface area (TPSA) is 26.0 Å². The molecular formula is C41H25NO. The first kappa shape index (κ1) is 23.9. The maximum atomic E-state index is 6.31. The second-order valence-electron chi connectivity index (χ2n) is 11.1. The van der Waals surface area contributed by atoms with E-state index in [1.54, 1.807) is 0 Å². The number of furan rings is 1. The third kappa shape index (κ3) is 3.77. The summed E-state index contributed by atoms with van der Waals surface area (Å²) in [7, 11) is 0. The Morgan fingerprint density at radius 2 is 1.12 bits per heavy atom. The minimum atomic E-state index is 0.917. The summed E-state index contributed by atoms with van der Waals surface area (Å²) in [4.78, 5) is 5.27. The number of para-hydroxylation sites is 2. The van der Waals surface area contributed by atoms with E-state index >= 15 is 0 Å². The van der Waals surface area contributed by atoms with Crippen LogP contribution in [0.5, 0.6) is 0 Å². The van der Waals surface area contributed by atoms with Crippen LogP contribution in [-0.4, -0.2) is 4.98 Å². The van der Waals surface area contributed by atoms with Gasteiger partial charge in [-0.3, -0.25) is 0 Å². The van der Waals surface area contributed by atoms with Crippen molar-refractivity contribution in [3.05, 3.63) is 152 Å². The number of pyridine rings is 1. The maximum absolute atomic E-state index is 6.31. The van der Waals surface area contributed by atoms with Crippen molar-refractivity contribution >= 4 is 54.4 Å². The Balaban J connectivity index is 1.20. The normalized spacial score (nSPS) is 11.7.